The van der Waals surface area contributed by atoms with E-state index in [2.05, 4.69) is 10.4 Å². The van der Waals surface area contributed by atoms with Gasteiger partial charge in [-0.05, 0) is 18.9 Å². The number of nitrogens with one attached hydrogen (secondary N) is 2. The van der Waals surface area contributed by atoms with Gasteiger partial charge >= 0.3 is 11.9 Å². The molecule has 0 unspecified atom stereocenters. The van der Waals surface area contributed by atoms with Gasteiger partial charge in [-0.2, -0.15) is 18.3 Å². The molecule has 2 heterocycles. The van der Waals surface area contributed by atoms with Crippen molar-refractivity contribution in [3.63, 3.8) is 0 Å². The van der Waals surface area contributed by atoms with Crippen molar-refractivity contribution in [3.05, 3.63) is 50.1 Å². The first-order valence-electron chi connectivity index (χ1n) is 7.69. The van der Waals surface area contributed by atoms with Gasteiger partial charge in [0, 0.05) is 26.3 Å². The van der Waals surface area contributed by atoms with Crippen LogP contribution in [0.5, 0.6) is 0 Å². The number of alkyl halides is 3. The van der Waals surface area contributed by atoms with Gasteiger partial charge in [-0.15, -0.1) is 0 Å². The number of halogens is 3. The molecule has 2 N–H and O–H groups in total. The molecule has 0 spiro atoms. The quantitative estimate of drug-likeness (QED) is 0.804. The molecule has 0 aliphatic carbocycles. The maximum atomic E-state index is 13.0. The van der Waals surface area contributed by atoms with Crippen LogP contribution >= 0.6 is 0 Å². The molecule has 142 valence electrons. The molecular weight excluding hydrogens is 355 g/mol. The Hall–Kier alpha value is -2.85. The highest BCUT2D eigenvalue weighted by molar-refractivity contribution is 5.93. The third kappa shape index (κ3) is 4.41. The number of amides is 1. The maximum absolute atomic E-state index is 13.0. The molecule has 2 aromatic heterocycles. The molecule has 0 aliphatic rings. The fraction of sp³-hybridized carbons (Fsp3) is 0.467. The van der Waals surface area contributed by atoms with Crippen molar-refractivity contribution < 1.29 is 18.0 Å². The van der Waals surface area contributed by atoms with E-state index in [0.717, 1.165) is 21.5 Å². The average Bonchev–Trinajstić information content (AvgIpc) is 2.89. The fourth-order valence-electron chi connectivity index (χ4n) is 2.36. The number of hydrogen-bond acceptors (Lipinski definition) is 4. The Bertz CT molecular complexity index is 926. The van der Waals surface area contributed by atoms with Crippen LogP contribution in [0.3, 0.4) is 0 Å². The van der Waals surface area contributed by atoms with E-state index < -0.39 is 29.0 Å². The summed E-state index contributed by atoms with van der Waals surface area (Å²) in [5.41, 5.74) is -2.37. The van der Waals surface area contributed by atoms with Gasteiger partial charge in [0.05, 0.1) is 5.69 Å². The van der Waals surface area contributed by atoms with E-state index in [1.165, 1.54) is 14.0 Å². The number of nitrogens with zero attached hydrogens (tertiary/aromatic N) is 3. The third-order valence-electron chi connectivity index (χ3n) is 3.64. The van der Waals surface area contributed by atoms with Crippen molar-refractivity contribution in [2.45, 2.75) is 26.6 Å². The lowest BCUT2D eigenvalue weighted by Gasteiger charge is -2.16. The van der Waals surface area contributed by atoms with Gasteiger partial charge in [0.1, 0.15) is 11.3 Å². The molecule has 0 fully saturated rings. The number of aromatic nitrogens is 4. The standard InChI is InChI=1S/C15H18F3N5O3/c1-8(6-23-11(15(16,17)18)4-9(2)21-23)5-19-12(24)10-7-22(3)14(26)20-13(10)25/h4,7-8H,5-6H2,1-3H3,(H,19,24)(H,20,25,26)/t8-/m0/s1. The lowest BCUT2D eigenvalue weighted by molar-refractivity contribution is -0.144. The minimum absolute atomic E-state index is 0.0251. The zero-order chi connectivity index (χ0) is 19.6. The molecule has 0 aromatic carbocycles. The van der Waals surface area contributed by atoms with Crippen LogP contribution in [-0.4, -0.2) is 31.8 Å². The topological polar surface area (TPSA) is 102 Å². The summed E-state index contributed by atoms with van der Waals surface area (Å²) in [6, 6.07) is 0.954. The van der Waals surface area contributed by atoms with Crippen molar-refractivity contribution in [2.24, 2.45) is 13.0 Å². The Kier molecular flexibility index (Phi) is 5.38. The van der Waals surface area contributed by atoms with E-state index in [-0.39, 0.29) is 30.3 Å². The van der Waals surface area contributed by atoms with Crippen molar-refractivity contribution in [3.8, 4) is 0 Å². The molecule has 2 aromatic rings. The van der Waals surface area contributed by atoms with Crippen LogP contribution in [0.2, 0.25) is 0 Å². The second kappa shape index (κ2) is 7.18. The number of carbonyl (C=O) groups excluding carboxylic acids is 1. The molecule has 8 nitrogen and oxygen atoms in total. The molecule has 1 amide bonds. The number of aromatic amines is 1. The molecule has 0 aliphatic heterocycles. The summed E-state index contributed by atoms with van der Waals surface area (Å²) in [4.78, 5) is 37.0. The molecule has 0 bridgehead atoms. The Balaban J connectivity index is 2.05. The summed E-state index contributed by atoms with van der Waals surface area (Å²) in [5, 5.41) is 6.30. The summed E-state index contributed by atoms with van der Waals surface area (Å²) < 4.78 is 40.8. The highest BCUT2D eigenvalue weighted by atomic mass is 19.4. The van der Waals surface area contributed by atoms with E-state index in [4.69, 9.17) is 0 Å². The highest BCUT2D eigenvalue weighted by Gasteiger charge is 2.35. The molecule has 0 saturated carbocycles. The summed E-state index contributed by atoms with van der Waals surface area (Å²) in [6.07, 6.45) is -3.42. The molecule has 1 atom stereocenters. The minimum Gasteiger partial charge on any atom is -0.351 e. The number of hydrogen-bond donors (Lipinski definition) is 2. The largest absolute Gasteiger partial charge is 0.433 e. The van der Waals surface area contributed by atoms with Gasteiger partial charge in [-0.1, -0.05) is 6.92 Å². The van der Waals surface area contributed by atoms with Gasteiger partial charge in [0.25, 0.3) is 11.5 Å². The van der Waals surface area contributed by atoms with Crippen LogP contribution in [0.4, 0.5) is 13.2 Å². The van der Waals surface area contributed by atoms with Crippen LogP contribution in [0.15, 0.2) is 21.9 Å². The Morgan fingerprint density at radius 3 is 2.65 bits per heavy atom. The van der Waals surface area contributed by atoms with Crippen LogP contribution in [0, 0.1) is 12.8 Å². The Morgan fingerprint density at radius 2 is 2.04 bits per heavy atom. The average molecular weight is 373 g/mol. The van der Waals surface area contributed by atoms with E-state index >= 15 is 0 Å². The van der Waals surface area contributed by atoms with Gasteiger partial charge in [0.2, 0.25) is 0 Å². The Labute approximate surface area is 145 Å². The fourth-order valence-corrected chi connectivity index (χ4v) is 2.36. The van der Waals surface area contributed by atoms with Gasteiger partial charge in [0.15, 0.2) is 0 Å². The van der Waals surface area contributed by atoms with Gasteiger partial charge in [-0.25, -0.2) is 4.79 Å². The predicted molar refractivity (Wildman–Crippen MR) is 85.8 cm³/mol. The van der Waals surface area contributed by atoms with Crippen LogP contribution < -0.4 is 16.6 Å². The number of carbonyl (C=O) groups is 1. The van der Waals surface area contributed by atoms with Gasteiger partial charge < -0.3 is 9.88 Å². The second-order valence-corrected chi connectivity index (χ2v) is 6.08. The van der Waals surface area contributed by atoms with E-state index in [9.17, 15) is 27.6 Å². The monoisotopic (exact) mass is 373 g/mol. The SMILES string of the molecule is Cc1cc(C(F)(F)F)n(C[C@@H](C)CNC(=O)c2cn(C)c(=O)[nH]c2=O)n1. The lowest BCUT2D eigenvalue weighted by atomic mass is 10.1. The summed E-state index contributed by atoms with van der Waals surface area (Å²) in [7, 11) is 1.37. The first-order valence-corrected chi connectivity index (χ1v) is 7.69. The molecule has 26 heavy (non-hydrogen) atoms. The summed E-state index contributed by atoms with van der Waals surface area (Å²) in [6.45, 7) is 3.07. The zero-order valence-corrected chi connectivity index (χ0v) is 14.3. The van der Waals surface area contributed by atoms with Gasteiger partial charge in [-0.3, -0.25) is 19.3 Å². The smallest absolute Gasteiger partial charge is 0.351 e. The molecular formula is C15H18F3N5O3. The molecule has 0 radical (unpaired) electrons. The predicted octanol–water partition coefficient (Wildman–Crippen LogP) is 0.663. The third-order valence-corrected chi connectivity index (χ3v) is 3.64. The first-order chi connectivity index (χ1) is 12.0. The first kappa shape index (κ1) is 19.5. The lowest BCUT2D eigenvalue weighted by Crippen LogP contribution is -2.38. The van der Waals surface area contributed by atoms with Crippen molar-refractivity contribution in [2.75, 3.05) is 6.54 Å². The summed E-state index contributed by atoms with van der Waals surface area (Å²) in [5.74, 6) is -1.10. The molecule has 11 heteroatoms. The van der Waals surface area contributed by atoms with Crippen molar-refractivity contribution in [1.82, 2.24) is 24.6 Å². The van der Waals surface area contributed by atoms with Crippen molar-refractivity contribution >= 4 is 5.91 Å². The second-order valence-electron chi connectivity index (χ2n) is 6.08. The number of aryl methyl sites for hydroxylation is 2. The Morgan fingerprint density at radius 1 is 1.38 bits per heavy atom. The number of H-pyrrole nitrogens is 1. The minimum atomic E-state index is -4.52. The maximum Gasteiger partial charge on any atom is 0.433 e. The zero-order valence-electron chi connectivity index (χ0n) is 14.3. The van der Waals surface area contributed by atoms with E-state index in [1.54, 1.807) is 6.92 Å². The summed E-state index contributed by atoms with van der Waals surface area (Å²) >= 11 is 0. The van der Waals surface area contributed by atoms with Crippen LogP contribution in [0.25, 0.3) is 0 Å². The van der Waals surface area contributed by atoms with E-state index in [0.29, 0.717) is 0 Å². The number of rotatable bonds is 5. The van der Waals surface area contributed by atoms with E-state index in [1.807, 2.05) is 4.98 Å². The highest BCUT2D eigenvalue weighted by Crippen LogP contribution is 2.30. The van der Waals surface area contributed by atoms with Crippen molar-refractivity contribution in [1.29, 1.82) is 0 Å². The molecule has 0 saturated heterocycles. The van der Waals surface area contributed by atoms with Crippen LogP contribution in [0.1, 0.15) is 28.7 Å². The van der Waals surface area contributed by atoms with Crippen LogP contribution in [-0.2, 0) is 19.8 Å². The normalized spacial score (nSPS) is 12.8. The molecule has 2 rings (SSSR count).